The molecule has 7 nitrogen and oxygen atoms in total. The Morgan fingerprint density at radius 2 is 1.91 bits per heavy atom. The van der Waals surface area contributed by atoms with Crippen LogP contribution in [0.25, 0.3) is 0 Å². The predicted molar refractivity (Wildman–Crippen MR) is 180 cm³/mol. The van der Waals surface area contributed by atoms with Crippen molar-refractivity contribution in [2.75, 3.05) is 19.6 Å². The number of benzene rings is 3. The summed E-state index contributed by atoms with van der Waals surface area (Å²) in [6.45, 7) is 9.79. The van der Waals surface area contributed by atoms with Gasteiger partial charge in [-0.1, -0.05) is 68.3 Å². The largest absolute Gasteiger partial charge is 0.483 e. The van der Waals surface area contributed by atoms with Gasteiger partial charge in [0.15, 0.2) is 11.5 Å². The zero-order valence-corrected chi connectivity index (χ0v) is 27.8. The van der Waals surface area contributed by atoms with Crippen LogP contribution in [0.15, 0.2) is 66.7 Å². The maximum atomic E-state index is 14.1. The minimum absolute atomic E-state index is 0.0969. The summed E-state index contributed by atoms with van der Waals surface area (Å²) in [6, 6.07) is 21.8. The highest BCUT2D eigenvalue weighted by Crippen LogP contribution is 2.66. The first-order valence-corrected chi connectivity index (χ1v) is 17.0. The number of carbonyl (C=O) groups excluding carboxylic acids is 2. The molecule has 0 aromatic heterocycles. The van der Waals surface area contributed by atoms with E-state index in [1.54, 1.807) is 0 Å². The van der Waals surface area contributed by atoms with Gasteiger partial charge in [0.2, 0.25) is 0 Å². The highest BCUT2D eigenvalue weighted by atomic mass is 16.6. The Balaban J connectivity index is 1.29. The second-order valence-electron chi connectivity index (χ2n) is 14.3. The summed E-state index contributed by atoms with van der Waals surface area (Å²) in [5.41, 5.74) is 3.45. The number of nitrogens with zero attached hydrogens (tertiary/aromatic N) is 2. The lowest BCUT2D eigenvalue weighted by molar-refractivity contribution is -0.200. The molecule has 7 rings (SSSR count). The monoisotopic (exact) mass is 632 g/mol. The fourth-order valence-corrected chi connectivity index (χ4v) is 9.02. The molecule has 1 amide bonds. The molecule has 3 aromatic carbocycles. The molecule has 1 saturated carbocycles. The summed E-state index contributed by atoms with van der Waals surface area (Å²) in [7, 11) is 0. The number of piperidine rings is 1. The lowest BCUT2D eigenvalue weighted by Gasteiger charge is -2.64. The van der Waals surface area contributed by atoms with E-state index >= 15 is 0 Å². The zero-order chi connectivity index (χ0) is 32.9. The van der Waals surface area contributed by atoms with Crippen LogP contribution in [0, 0.1) is 24.7 Å². The molecule has 2 heterocycles. The Morgan fingerprint density at radius 1 is 1.11 bits per heavy atom. The van der Waals surface area contributed by atoms with E-state index in [1.165, 1.54) is 12.5 Å². The summed E-state index contributed by atoms with van der Waals surface area (Å²) >= 11 is 0. The van der Waals surface area contributed by atoms with Gasteiger partial charge in [-0.05, 0) is 86.4 Å². The van der Waals surface area contributed by atoms with Gasteiger partial charge in [-0.15, -0.1) is 0 Å². The lowest BCUT2D eigenvalue weighted by atomic mass is 9.48. The average Bonchev–Trinajstić information content (AvgIpc) is 3.39. The summed E-state index contributed by atoms with van der Waals surface area (Å²) in [6.07, 6.45) is 2.89. The van der Waals surface area contributed by atoms with Gasteiger partial charge in [-0.25, -0.2) is 0 Å². The van der Waals surface area contributed by atoms with Crippen molar-refractivity contribution in [1.82, 2.24) is 9.80 Å². The smallest absolute Gasteiger partial charge is 0.308 e. The van der Waals surface area contributed by atoms with Crippen LogP contribution in [0.4, 0.5) is 0 Å². The highest BCUT2D eigenvalue weighted by molar-refractivity contribution is 5.94. The molecule has 1 spiro atoms. The maximum Gasteiger partial charge on any atom is 0.308 e. The minimum atomic E-state index is -1.07. The topological polar surface area (TPSA) is 79.3 Å². The standard InChI is InChI=1S/C40H44N2O5/c1-26(2)25-42(35(44)16-13-30-12-8-9-27(3)23-30)32-17-19-40(45)34-24-31-14-15-33(46-28(4)43)37-36(31)39(40,38(32)47-37)20-22-41(34)21-18-29-10-6-5-7-11-29/h5-12,14-15,23,26,32,34,38,45H,17-22,24-25H2,1-4H3/t32-,34-,38+,39+,40-/m1/s1. The molecule has 244 valence electrons. The Labute approximate surface area is 277 Å². The maximum absolute atomic E-state index is 14.1. The average molecular weight is 633 g/mol. The number of carbonyl (C=O) groups is 2. The van der Waals surface area contributed by atoms with Gasteiger partial charge in [-0.2, -0.15) is 0 Å². The summed E-state index contributed by atoms with van der Waals surface area (Å²) in [5, 5.41) is 13.1. The molecule has 1 N–H and O–H groups in total. The van der Waals surface area contributed by atoms with E-state index in [0.717, 1.165) is 41.8 Å². The van der Waals surface area contributed by atoms with Crippen LogP contribution in [-0.2, 0) is 27.8 Å². The number of aryl methyl sites for hydroxylation is 1. The first-order chi connectivity index (χ1) is 22.6. The van der Waals surface area contributed by atoms with Crippen molar-refractivity contribution in [2.24, 2.45) is 5.92 Å². The number of hydrogen-bond acceptors (Lipinski definition) is 6. The van der Waals surface area contributed by atoms with E-state index in [9.17, 15) is 14.7 Å². The van der Waals surface area contributed by atoms with Crippen LogP contribution >= 0.6 is 0 Å². The van der Waals surface area contributed by atoms with Crippen LogP contribution in [0.2, 0.25) is 0 Å². The number of aliphatic hydroxyl groups is 1. The molecule has 7 heteroatoms. The van der Waals surface area contributed by atoms with Crippen LogP contribution in [0.1, 0.15) is 67.9 Å². The molecule has 1 saturated heterocycles. The van der Waals surface area contributed by atoms with Gasteiger partial charge in [0.05, 0.1) is 17.1 Å². The first kappa shape index (κ1) is 31.5. The number of esters is 1. The number of amides is 1. The first-order valence-electron chi connectivity index (χ1n) is 17.0. The molecule has 2 aliphatic carbocycles. The fourth-order valence-electron chi connectivity index (χ4n) is 9.02. The van der Waals surface area contributed by atoms with Crippen molar-refractivity contribution in [3.8, 4) is 23.3 Å². The number of ether oxygens (including phenoxy) is 2. The SMILES string of the molecule is CC(=O)Oc1ccc2c3c1O[C@H]1[C@H](N(CC(C)C)C(=O)C#Cc4cccc(C)c4)CC[C@@]4(O)[C@@H](C2)N(CCc2ccccc2)CC[C@]314. The van der Waals surface area contributed by atoms with Crippen molar-refractivity contribution >= 4 is 11.9 Å². The lowest BCUT2D eigenvalue weighted by Crippen LogP contribution is -2.78. The molecule has 4 aliphatic rings. The van der Waals surface area contributed by atoms with E-state index in [0.29, 0.717) is 43.7 Å². The van der Waals surface area contributed by atoms with Crippen LogP contribution in [0.5, 0.6) is 11.5 Å². The third-order valence-electron chi connectivity index (χ3n) is 10.9. The molecule has 2 aliphatic heterocycles. The van der Waals surface area contributed by atoms with Crippen molar-refractivity contribution in [3.05, 3.63) is 94.5 Å². The van der Waals surface area contributed by atoms with Crippen LogP contribution < -0.4 is 9.47 Å². The van der Waals surface area contributed by atoms with Crippen molar-refractivity contribution in [3.63, 3.8) is 0 Å². The van der Waals surface area contributed by atoms with E-state index in [2.05, 4.69) is 54.9 Å². The van der Waals surface area contributed by atoms with Gasteiger partial charge in [0.25, 0.3) is 5.91 Å². The summed E-state index contributed by atoms with van der Waals surface area (Å²) < 4.78 is 12.6. The summed E-state index contributed by atoms with van der Waals surface area (Å²) in [5.74, 6) is 6.52. The van der Waals surface area contributed by atoms with Crippen LogP contribution in [-0.4, -0.2) is 70.2 Å². The zero-order valence-electron chi connectivity index (χ0n) is 27.8. The van der Waals surface area contributed by atoms with Gasteiger partial charge < -0.3 is 19.5 Å². The Kier molecular flexibility index (Phi) is 8.14. The van der Waals surface area contributed by atoms with Gasteiger partial charge in [0.1, 0.15) is 6.10 Å². The van der Waals surface area contributed by atoms with Gasteiger partial charge in [0, 0.05) is 43.1 Å². The molecular formula is C40H44N2O5. The highest BCUT2D eigenvalue weighted by Gasteiger charge is 2.73. The Bertz CT molecular complexity index is 1760. The van der Waals surface area contributed by atoms with Gasteiger partial charge in [-0.3, -0.25) is 14.5 Å². The Morgan fingerprint density at radius 3 is 2.66 bits per heavy atom. The third kappa shape index (κ3) is 5.32. The normalized spacial score (nSPS) is 26.9. The minimum Gasteiger partial charge on any atom is -0.483 e. The van der Waals surface area contributed by atoms with Crippen LogP contribution in [0.3, 0.4) is 0 Å². The molecule has 5 atom stereocenters. The van der Waals surface area contributed by atoms with E-state index in [1.807, 2.05) is 54.3 Å². The molecule has 2 bridgehead atoms. The molecule has 0 unspecified atom stereocenters. The van der Waals surface area contributed by atoms with Crippen molar-refractivity contribution in [2.45, 2.75) is 89.0 Å². The Hall–Kier alpha value is -4.12. The molecule has 2 fully saturated rings. The van der Waals surface area contributed by atoms with Crippen molar-refractivity contribution < 1.29 is 24.2 Å². The molecule has 3 aromatic rings. The van der Waals surface area contributed by atoms with E-state index in [4.69, 9.17) is 9.47 Å². The number of likely N-dealkylation sites (tertiary alicyclic amines) is 1. The second kappa shape index (κ2) is 12.2. The van der Waals surface area contributed by atoms with E-state index in [-0.39, 0.29) is 23.9 Å². The fraction of sp³-hybridized carbons (Fsp3) is 0.450. The number of rotatable bonds is 7. The molecule has 47 heavy (non-hydrogen) atoms. The van der Waals surface area contributed by atoms with Crippen molar-refractivity contribution in [1.29, 1.82) is 0 Å². The van der Waals surface area contributed by atoms with E-state index < -0.39 is 23.1 Å². The predicted octanol–water partition coefficient (Wildman–Crippen LogP) is 5.22. The number of hydrogen-bond donors (Lipinski definition) is 1. The third-order valence-corrected chi connectivity index (χ3v) is 10.9. The molecule has 0 radical (unpaired) electrons. The second-order valence-corrected chi connectivity index (χ2v) is 14.3. The molecular weight excluding hydrogens is 588 g/mol. The summed E-state index contributed by atoms with van der Waals surface area (Å²) in [4.78, 5) is 30.6. The van der Waals surface area contributed by atoms with Gasteiger partial charge >= 0.3 is 5.97 Å². The quantitative estimate of drug-likeness (QED) is 0.219.